The van der Waals surface area contributed by atoms with E-state index in [0.717, 1.165) is 0 Å². The van der Waals surface area contributed by atoms with Crippen LogP contribution in [0.5, 0.6) is 0 Å². The largest absolute Gasteiger partial charge is 0.397 e. The molecule has 0 aliphatic rings. The van der Waals surface area contributed by atoms with Crippen LogP contribution in [0.15, 0.2) is 23.3 Å². The molecule has 0 saturated carbocycles. The minimum absolute atomic E-state index is 0.236. The van der Waals surface area contributed by atoms with Crippen LogP contribution in [0.1, 0.15) is 13.3 Å². The van der Waals surface area contributed by atoms with Crippen molar-refractivity contribution in [2.45, 2.75) is 18.9 Å². The van der Waals surface area contributed by atoms with Crippen LogP contribution in [-0.2, 0) is 0 Å². The molecule has 0 spiro atoms. The zero-order chi connectivity index (χ0) is 14.8. The number of nitrogens with one attached hydrogen (secondary N) is 2. The summed E-state index contributed by atoms with van der Waals surface area (Å²) in [4.78, 5) is 18.2. The summed E-state index contributed by atoms with van der Waals surface area (Å²) in [6.07, 6.45) is 1.83. The fourth-order valence-electron chi connectivity index (χ4n) is 1.97. The maximum Gasteiger partial charge on any atom is 0.258 e. The van der Waals surface area contributed by atoms with Crippen LogP contribution in [0.2, 0.25) is 0 Å². The van der Waals surface area contributed by atoms with E-state index in [1.807, 2.05) is 6.92 Å². The van der Waals surface area contributed by atoms with E-state index in [1.165, 1.54) is 12.4 Å². The van der Waals surface area contributed by atoms with Gasteiger partial charge in [0.2, 0.25) is 0 Å². The van der Waals surface area contributed by atoms with Crippen LogP contribution >= 0.6 is 0 Å². The SMILES string of the molecule is CCC(CO)(CO)Nc1cc2nc[nH]c(=O)c2cc1N. The summed E-state index contributed by atoms with van der Waals surface area (Å²) in [6, 6.07) is 3.16. The topological polar surface area (TPSA) is 124 Å². The van der Waals surface area contributed by atoms with Crippen LogP contribution in [0.25, 0.3) is 10.9 Å². The number of aromatic nitrogens is 2. The Labute approximate surface area is 115 Å². The highest BCUT2D eigenvalue weighted by Crippen LogP contribution is 2.27. The van der Waals surface area contributed by atoms with Gasteiger partial charge in [-0.15, -0.1) is 0 Å². The van der Waals surface area contributed by atoms with Crippen molar-refractivity contribution < 1.29 is 10.2 Å². The van der Waals surface area contributed by atoms with Gasteiger partial charge in [0.05, 0.1) is 47.4 Å². The van der Waals surface area contributed by atoms with Gasteiger partial charge in [-0.2, -0.15) is 0 Å². The van der Waals surface area contributed by atoms with Crippen molar-refractivity contribution in [1.82, 2.24) is 9.97 Å². The number of rotatable bonds is 5. The van der Waals surface area contributed by atoms with Crippen molar-refractivity contribution in [3.8, 4) is 0 Å². The minimum Gasteiger partial charge on any atom is -0.397 e. The van der Waals surface area contributed by atoms with E-state index >= 15 is 0 Å². The Kier molecular flexibility index (Phi) is 3.91. The molecule has 0 aliphatic heterocycles. The third-order valence-electron chi connectivity index (χ3n) is 3.49. The van der Waals surface area contributed by atoms with Gasteiger partial charge in [0.1, 0.15) is 0 Å². The highest BCUT2D eigenvalue weighted by Gasteiger charge is 2.27. The number of fused-ring (bicyclic) bond motifs is 1. The van der Waals surface area contributed by atoms with Gasteiger partial charge in [-0.05, 0) is 18.6 Å². The van der Waals surface area contributed by atoms with E-state index in [4.69, 9.17) is 5.73 Å². The number of aliphatic hydroxyl groups excluding tert-OH is 2. The summed E-state index contributed by atoms with van der Waals surface area (Å²) in [6.45, 7) is 1.38. The molecule has 7 heteroatoms. The molecule has 20 heavy (non-hydrogen) atoms. The van der Waals surface area contributed by atoms with Crippen LogP contribution in [-0.4, -0.2) is 38.9 Å². The van der Waals surface area contributed by atoms with E-state index in [1.54, 1.807) is 6.07 Å². The van der Waals surface area contributed by atoms with Crippen molar-refractivity contribution in [3.05, 3.63) is 28.8 Å². The fourth-order valence-corrected chi connectivity index (χ4v) is 1.97. The molecule has 2 rings (SSSR count). The molecule has 1 aromatic carbocycles. The molecule has 1 aromatic heterocycles. The average molecular weight is 278 g/mol. The predicted molar refractivity (Wildman–Crippen MR) is 77.6 cm³/mol. The van der Waals surface area contributed by atoms with Gasteiger partial charge in [0.15, 0.2) is 0 Å². The van der Waals surface area contributed by atoms with Gasteiger partial charge < -0.3 is 26.2 Å². The molecule has 7 nitrogen and oxygen atoms in total. The standard InChI is InChI=1S/C13H18N4O3/c1-2-13(5-18,6-19)17-11-4-10-8(3-9(11)14)12(20)16-7-15-10/h3-4,7,17-19H,2,5-6,14H2,1H3,(H,15,16,20). The monoisotopic (exact) mass is 278 g/mol. The Morgan fingerprint density at radius 2 is 2.10 bits per heavy atom. The highest BCUT2D eigenvalue weighted by molar-refractivity contribution is 5.88. The zero-order valence-corrected chi connectivity index (χ0v) is 11.2. The molecule has 0 fully saturated rings. The van der Waals surface area contributed by atoms with Gasteiger partial charge in [0.25, 0.3) is 5.56 Å². The van der Waals surface area contributed by atoms with Gasteiger partial charge in [-0.3, -0.25) is 4.79 Å². The molecule has 0 radical (unpaired) electrons. The molecular weight excluding hydrogens is 260 g/mol. The van der Waals surface area contributed by atoms with E-state index in [9.17, 15) is 15.0 Å². The third kappa shape index (κ3) is 2.45. The summed E-state index contributed by atoms with van der Waals surface area (Å²) in [5, 5.41) is 22.3. The van der Waals surface area contributed by atoms with Crippen LogP contribution in [0.4, 0.5) is 11.4 Å². The zero-order valence-electron chi connectivity index (χ0n) is 11.2. The number of benzene rings is 1. The number of hydrogen-bond donors (Lipinski definition) is 5. The molecule has 1 heterocycles. The maximum absolute atomic E-state index is 11.6. The lowest BCUT2D eigenvalue weighted by molar-refractivity contribution is 0.132. The fraction of sp³-hybridized carbons (Fsp3) is 0.385. The Morgan fingerprint density at radius 1 is 1.40 bits per heavy atom. The first-order chi connectivity index (χ1) is 9.55. The predicted octanol–water partition coefficient (Wildman–Crippen LogP) is 0.0506. The second-order valence-corrected chi connectivity index (χ2v) is 4.76. The van der Waals surface area contributed by atoms with Gasteiger partial charge >= 0.3 is 0 Å². The lowest BCUT2D eigenvalue weighted by Gasteiger charge is -2.31. The van der Waals surface area contributed by atoms with Crippen molar-refractivity contribution in [3.63, 3.8) is 0 Å². The van der Waals surface area contributed by atoms with E-state index < -0.39 is 5.54 Å². The molecule has 108 valence electrons. The number of H-pyrrole nitrogens is 1. The number of hydrogen-bond acceptors (Lipinski definition) is 6. The summed E-state index contributed by atoms with van der Waals surface area (Å²) in [7, 11) is 0. The van der Waals surface area contributed by atoms with Crippen molar-refractivity contribution in [2.75, 3.05) is 24.3 Å². The smallest absolute Gasteiger partial charge is 0.258 e. The summed E-state index contributed by atoms with van der Waals surface area (Å²) in [5.74, 6) is 0. The van der Waals surface area contributed by atoms with Crippen LogP contribution < -0.4 is 16.6 Å². The average Bonchev–Trinajstić information content (AvgIpc) is 2.47. The maximum atomic E-state index is 11.6. The Balaban J connectivity index is 2.50. The summed E-state index contributed by atoms with van der Waals surface area (Å²) in [5.41, 5.74) is 6.18. The van der Waals surface area contributed by atoms with E-state index in [2.05, 4.69) is 15.3 Å². The van der Waals surface area contributed by atoms with Crippen LogP contribution in [0, 0.1) is 0 Å². The third-order valence-corrected chi connectivity index (χ3v) is 3.49. The molecule has 0 saturated heterocycles. The number of anilines is 2. The molecule has 0 amide bonds. The number of aliphatic hydroxyl groups is 2. The Hall–Kier alpha value is -2.12. The molecule has 0 atom stereocenters. The number of nitrogens with zero attached hydrogens (tertiary/aromatic N) is 1. The normalized spacial score (nSPS) is 11.8. The first-order valence-corrected chi connectivity index (χ1v) is 6.32. The van der Waals surface area contributed by atoms with E-state index in [-0.39, 0.29) is 18.8 Å². The quantitative estimate of drug-likeness (QED) is 0.492. The lowest BCUT2D eigenvalue weighted by atomic mass is 9.97. The van der Waals surface area contributed by atoms with Gasteiger partial charge in [-0.25, -0.2) is 4.98 Å². The molecule has 6 N–H and O–H groups in total. The van der Waals surface area contributed by atoms with Gasteiger partial charge in [0, 0.05) is 0 Å². The second kappa shape index (κ2) is 5.48. The van der Waals surface area contributed by atoms with Crippen molar-refractivity contribution in [1.29, 1.82) is 0 Å². The van der Waals surface area contributed by atoms with Crippen molar-refractivity contribution >= 4 is 22.3 Å². The summed E-state index contributed by atoms with van der Waals surface area (Å²) >= 11 is 0. The van der Waals surface area contributed by atoms with Crippen molar-refractivity contribution in [2.24, 2.45) is 0 Å². The first-order valence-electron chi connectivity index (χ1n) is 6.32. The van der Waals surface area contributed by atoms with Crippen LogP contribution in [0.3, 0.4) is 0 Å². The minimum atomic E-state index is -0.858. The summed E-state index contributed by atoms with van der Waals surface area (Å²) < 4.78 is 0. The second-order valence-electron chi connectivity index (χ2n) is 4.76. The Bertz CT molecular complexity index is 656. The molecular formula is C13H18N4O3. The molecule has 0 aliphatic carbocycles. The first kappa shape index (κ1) is 14.3. The highest BCUT2D eigenvalue weighted by atomic mass is 16.3. The Morgan fingerprint density at radius 3 is 2.70 bits per heavy atom. The van der Waals surface area contributed by atoms with E-state index in [0.29, 0.717) is 28.7 Å². The van der Waals surface area contributed by atoms with Gasteiger partial charge in [-0.1, -0.05) is 6.92 Å². The molecule has 0 bridgehead atoms. The molecule has 0 unspecified atom stereocenters. The molecule has 2 aromatic rings. The number of nitrogen functional groups attached to an aromatic ring is 1. The number of aromatic amines is 1. The lowest BCUT2D eigenvalue weighted by Crippen LogP contribution is -2.45. The number of nitrogens with two attached hydrogens (primary N) is 1.